The van der Waals surface area contributed by atoms with Gasteiger partial charge in [0.25, 0.3) is 0 Å². The molecule has 2 nitrogen and oxygen atoms in total. The van der Waals surface area contributed by atoms with Gasteiger partial charge in [-0.3, -0.25) is 0 Å². The fourth-order valence-electron chi connectivity index (χ4n) is 0.670. The molecule has 0 atom stereocenters. The third-order valence-electron chi connectivity index (χ3n) is 1.60. The summed E-state index contributed by atoms with van der Waals surface area (Å²) in [5.74, 6) is 0. The van der Waals surface area contributed by atoms with E-state index >= 15 is 0 Å². The molecule has 0 fully saturated rings. The van der Waals surface area contributed by atoms with Gasteiger partial charge in [-0.05, 0) is 20.3 Å². The SMILES string of the molecule is C=COCCOCCC(C)=CC. The van der Waals surface area contributed by atoms with Crippen LogP contribution < -0.4 is 0 Å². The van der Waals surface area contributed by atoms with E-state index < -0.39 is 0 Å². The molecule has 0 saturated carbocycles. The predicted molar refractivity (Wildman–Crippen MR) is 51.0 cm³/mol. The van der Waals surface area contributed by atoms with Crippen LogP contribution in [0, 0.1) is 0 Å². The van der Waals surface area contributed by atoms with E-state index in [1.54, 1.807) is 0 Å². The van der Waals surface area contributed by atoms with Crippen LogP contribution in [-0.2, 0) is 9.47 Å². The number of allylic oxidation sites excluding steroid dienone is 1. The molecule has 0 amide bonds. The van der Waals surface area contributed by atoms with E-state index in [4.69, 9.17) is 9.47 Å². The largest absolute Gasteiger partial charge is 0.499 e. The van der Waals surface area contributed by atoms with E-state index in [-0.39, 0.29) is 0 Å². The fourth-order valence-corrected chi connectivity index (χ4v) is 0.670. The van der Waals surface area contributed by atoms with Gasteiger partial charge in [0.15, 0.2) is 0 Å². The van der Waals surface area contributed by atoms with Crippen molar-refractivity contribution in [2.45, 2.75) is 20.3 Å². The molecule has 0 spiro atoms. The van der Waals surface area contributed by atoms with Crippen molar-refractivity contribution in [2.75, 3.05) is 19.8 Å². The van der Waals surface area contributed by atoms with Crippen LogP contribution in [0.4, 0.5) is 0 Å². The number of ether oxygens (including phenoxy) is 2. The fraction of sp³-hybridized carbons (Fsp3) is 0.600. The van der Waals surface area contributed by atoms with Gasteiger partial charge in [0, 0.05) is 0 Å². The van der Waals surface area contributed by atoms with Crippen molar-refractivity contribution in [3.8, 4) is 0 Å². The van der Waals surface area contributed by atoms with Crippen molar-refractivity contribution < 1.29 is 9.47 Å². The maximum atomic E-state index is 5.29. The zero-order chi connectivity index (χ0) is 9.23. The van der Waals surface area contributed by atoms with Crippen molar-refractivity contribution in [3.05, 3.63) is 24.5 Å². The van der Waals surface area contributed by atoms with Gasteiger partial charge >= 0.3 is 0 Å². The van der Waals surface area contributed by atoms with Gasteiger partial charge < -0.3 is 9.47 Å². The molecule has 0 aliphatic carbocycles. The molecule has 12 heavy (non-hydrogen) atoms. The summed E-state index contributed by atoms with van der Waals surface area (Å²) in [7, 11) is 0. The van der Waals surface area contributed by atoms with Gasteiger partial charge in [0.2, 0.25) is 0 Å². The number of rotatable bonds is 7. The quantitative estimate of drug-likeness (QED) is 0.332. The molecule has 0 radical (unpaired) electrons. The van der Waals surface area contributed by atoms with Crippen molar-refractivity contribution in [1.29, 1.82) is 0 Å². The van der Waals surface area contributed by atoms with Gasteiger partial charge in [-0.1, -0.05) is 18.2 Å². The number of hydrogen-bond donors (Lipinski definition) is 0. The molecule has 0 aliphatic rings. The minimum atomic E-state index is 0.596. The highest BCUT2D eigenvalue weighted by atomic mass is 16.5. The summed E-state index contributed by atoms with van der Waals surface area (Å²) < 4.78 is 10.2. The molecule has 0 aromatic rings. The Balaban J connectivity index is 3.05. The molecule has 0 rings (SSSR count). The Morgan fingerprint density at radius 2 is 2.08 bits per heavy atom. The van der Waals surface area contributed by atoms with Crippen molar-refractivity contribution in [2.24, 2.45) is 0 Å². The topological polar surface area (TPSA) is 18.5 Å². The summed E-state index contributed by atoms with van der Waals surface area (Å²) >= 11 is 0. The first kappa shape index (κ1) is 11.2. The van der Waals surface area contributed by atoms with E-state index in [2.05, 4.69) is 19.6 Å². The van der Waals surface area contributed by atoms with Crippen LogP contribution in [0.2, 0.25) is 0 Å². The molecule has 0 N–H and O–H groups in total. The molecular formula is C10H18O2. The van der Waals surface area contributed by atoms with E-state index in [1.165, 1.54) is 11.8 Å². The Morgan fingerprint density at radius 1 is 1.33 bits per heavy atom. The highest BCUT2D eigenvalue weighted by Crippen LogP contribution is 1.98. The van der Waals surface area contributed by atoms with Gasteiger partial charge in [0.05, 0.1) is 19.5 Å². The third-order valence-corrected chi connectivity index (χ3v) is 1.60. The van der Waals surface area contributed by atoms with E-state index in [0.29, 0.717) is 13.2 Å². The summed E-state index contributed by atoms with van der Waals surface area (Å²) in [6.45, 7) is 9.58. The highest BCUT2D eigenvalue weighted by Gasteiger charge is 1.89. The normalized spacial score (nSPS) is 11.3. The number of hydrogen-bond acceptors (Lipinski definition) is 2. The molecule has 0 heterocycles. The van der Waals surface area contributed by atoms with Gasteiger partial charge in [-0.25, -0.2) is 0 Å². The zero-order valence-electron chi connectivity index (χ0n) is 8.01. The zero-order valence-corrected chi connectivity index (χ0v) is 8.01. The molecule has 2 heteroatoms. The summed E-state index contributed by atoms with van der Waals surface area (Å²) in [4.78, 5) is 0. The van der Waals surface area contributed by atoms with Gasteiger partial charge in [-0.2, -0.15) is 0 Å². The average Bonchev–Trinajstić information content (AvgIpc) is 2.10. The van der Waals surface area contributed by atoms with Gasteiger partial charge in [0.1, 0.15) is 6.61 Å². The minimum absolute atomic E-state index is 0.596. The van der Waals surface area contributed by atoms with Crippen molar-refractivity contribution in [3.63, 3.8) is 0 Å². The van der Waals surface area contributed by atoms with Crippen LogP contribution in [0.5, 0.6) is 0 Å². The van der Waals surface area contributed by atoms with Crippen LogP contribution in [0.25, 0.3) is 0 Å². The Labute approximate surface area is 74.9 Å². The second-order valence-electron chi connectivity index (χ2n) is 2.53. The maximum absolute atomic E-state index is 5.29. The Hall–Kier alpha value is -0.760. The molecule has 0 aliphatic heterocycles. The summed E-state index contributed by atoms with van der Waals surface area (Å²) in [5, 5.41) is 0. The lowest BCUT2D eigenvalue weighted by molar-refractivity contribution is 0.0870. The Kier molecular flexibility index (Phi) is 7.81. The third kappa shape index (κ3) is 7.35. The molecule has 0 bridgehead atoms. The van der Waals surface area contributed by atoms with Crippen LogP contribution in [0.3, 0.4) is 0 Å². The van der Waals surface area contributed by atoms with Crippen LogP contribution in [0.15, 0.2) is 24.5 Å². The summed E-state index contributed by atoms with van der Waals surface area (Å²) in [5.41, 5.74) is 1.36. The molecule has 0 aromatic carbocycles. The second-order valence-corrected chi connectivity index (χ2v) is 2.53. The van der Waals surface area contributed by atoms with Crippen LogP contribution in [0.1, 0.15) is 20.3 Å². The first-order chi connectivity index (χ1) is 5.81. The van der Waals surface area contributed by atoms with E-state index in [0.717, 1.165) is 13.0 Å². The van der Waals surface area contributed by atoms with E-state index in [1.807, 2.05) is 6.92 Å². The van der Waals surface area contributed by atoms with E-state index in [9.17, 15) is 0 Å². The first-order valence-corrected chi connectivity index (χ1v) is 4.23. The Bertz CT molecular complexity index is 139. The van der Waals surface area contributed by atoms with Crippen LogP contribution >= 0.6 is 0 Å². The predicted octanol–water partition coefficient (Wildman–Crippen LogP) is 2.52. The summed E-state index contributed by atoms with van der Waals surface area (Å²) in [6, 6.07) is 0. The first-order valence-electron chi connectivity index (χ1n) is 4.23. The monoisotopic (exact) mass is 170 g/mol. The molecule has 0 saturated heterocycles. The summed E-state index contributed by atoms with van der Waals surface area (Å²) in [6.07, 6.45) is 4.54. The lowest BCUT2D eigenvalue weighted by Crippen LogP contribution is -2.02. The minimum Gasteiger partial charge on any atom is -0.499 e. The molecule has 0 unspecified atom stereocenters. The Morgan fingerprint density at radius 3 is 2.67 bits per heavy atom. The van der Waals surface area contributed by atoms with Crippen molar-refractivity contribution in [1.82, 2.24) is 0 Å². The second kappa shape index (κ2) is 8.34. The van der Waals surface area contributed by atoms with Crippen LogP contribution in [-0.4, -0.2) is 19.8 Å². The molecule has 70 valence electrons. The van der Waals surface area contributed by atoms with Crippen molar-refractivity contribution >= 4 is 0 Å². The lowest BCUT2D eigenvalue weighted by Gasteiger charge is -2.03. The smallest absolute Gasteiger partial charge is 0.111 e. The molecular weight excluding hydrogens is 152 g/mol. The lowest BCUT2D eigenvalue weighted by atomic mass is 10.2. The molecule has 0 aromatic heterocycles. The van der Waals surface area contributed by atoms with Gasteiger partial charge in [-0.15, -0.1) is 0 Å². The maximum Gasteiger partial charge on any atom is 0.111 e. The highest BCUT2D eigenvalue weighted by molar-refractivity contribution is 4.94. The standard InChI is InChI=1S/C10H18O2/c1-4-10(3)6-7-12-9-8-11-5-2/h4-5H,2,6-9H2,1,3H3. The average molecular weight is 170 g/mol.